The van der Waals surface area contributed by atoms with Crippen LogP contribution in [0.15, 0.2) is 158 Å². The van der Waals surface area contributed by atoms with Crippen molar-refractivity contribution in [1.29, 1.82) is 0 Å². The van der Waals surface area contributed by atoms with Crippen LogP contribution in [0.5, 0.6) is 11.5 Å². The molecule has 1 aliphatic heterocycles. The summed E-state index contributed by atoms with van der Waals surface area (Å²) < 4.78 is 6.78. The van der Waals surface area contributed by atoms with Gasteiger partial charge in [-0.25, -0.2) is 0 Å². The largest absolute Gasteiger partial charge is 0.456 e. The normalized spacial score (nSPS) is 14.2. The van der Waals surface area contributed by atoms with Crippen molar-refractivity contribution in [2.24, 2.45) is 0 Å². The van der Waals surface area contributed by atoms with Gasteiger partial charge < -0.3 is 4.74 Å². The van der Waals surface area contributed by atoms with Gasteiger partial charge >= 0.3 is 0 Å². The second-order valence-electron chi connectivity index (χ2n) is 18.0. The zero-order chi connectivity index (χ0) is 38.1. The third kappa shape index (κ3) is 4.43. The van der Waals surface area contributed by atoms with Crippen LogP contribution in [-0.4, -0.2) is 0 Å². The Kier molecular flexibility index (Phi) is 6.77. The van der Waals surface area contributed by atoms with Crippen molar-refractivity contribution in [2.45, 2.75) is 57.8 Å². The summed E-state index contributed by atoms with van der Waals surface area (Å²) in [4.78, 5) is 0. The molecule has 2 aliphatic carbocycles. The van der Waals surface area contributed by atoms with Crippen LogP contribution in [-0.2, 0) is 16.2 Å². The van der Waals surface area contributed by atoms with Gasteiger partial charge in [0.1, 0.15) is 11.5 Å². The van der Waals surface area contributed by atoms with Crippen LogP contribution in [0.1, 0.15) is 74.9 Å². The second-order valence-corrected chi connectivity index (χ2v) is 18.0. The van der Waals surface area contributed by atoms with Crippen LogP contribution in [0.2, 0.25) is 0 Å². The quantitative estimate of drug-likeness (QED) is 0.173. The van der Waals surface area contributed by atoms with E-state index in [0.29, 0.717) is 0 Å². The van der Waals surface area contributed by atoms with Crippen molar-refractivity contribution in [1.82, 2.24) is 0 Å². The Morgan fingerprint density at radius 1 is 0.375 bits per heavy atom. The summed E-state index contributed by atoms with van der Waals surface area (Å²) in [6.07, 6.45) is 0. The van der Waals surface area contributed by atoms with E-state index in [4.69, 9.17) is 4.74 Å². The minimum atomic E-state index is -0.476. The average molecular weight is 721 g/mol. The SMILES string of the molecule is CC(C)(C)c1ccc2c(c1)C1(c3cc(C(C)(C)C)ccc3-2)c2ccccc2-c2c(-c3c(-c4ccccc4)cc4c5c(cccc35)-c3ccccc3O4)cccc21. The minimum Gasteiger partial charge on any atom is -0.456 e. The van der Waals surface area contributed by atoms with Gasteiger partial charge in [0.2, 0.25) is 0 Å². The van der Waals surface area contributed by atoms with Crippen LogP contribution >= 0.6 is 0 Å². The summed E-state index contributed by atoms with van der Waals surface area (Å²) in [6, 6.07) is 59.4. The summed E-state index contributed by atoms with van der Waals surface area (Å²) in [5, 5.41) is 2.37. The Labute approximate surface area is 330 Å². The Hall–Kier alpha value is -6.18. The van der Waals surface area contributed by atoms with Gasteiger partial charge in [0.05, 0.1) is 5.41 Å². The van der Waals surface area contributed by atoms with Crippen LogP contribution in [0.25, 0.3) is 66.4 Å². The molecule has 8 aromatic carbocycles. The lowest BCUT2D eigenvalue weighted by Gasteiger charge is -2.33. The molecule has 1 spiro atoms. The summed E-state index contributed by atoms with van der Waals surface area (Å²) >= 11 is 0. The van der Waals surface area contributed by atoms with Crippen LogP contribution in [0.3, 0.4) is 0 Å². The molecule has 1 heterocycles. The van der Waals surface area contributed by atoms with Crippen LogP contribution in [0, 0.1) is 0 Å². The molecule has 0 bridgehead atoms. The van der Waals surface area contributed by atoms with Crippen molar-refractivity contribution >= 4 is 10.8 Å². The number of hydrogen-bond donors (Lipinski definition) is 0. The van der Waals surface area contributed by atoms with Gasteiger partial charge in [0, 0.05) is 10.9 Å². The van der Waals surface area contributed by atoms with Crippen molar-refractivity contribution in [3.63, 3.8) is 0 Å². The fourth-order valence-electron chi connectivity index (χ4n) is 10.2. The van der Waals surface area contributed by atoms with Gasteiger partial charge in [-0.05, 0) is 112 Å². The first-order valence-corrected chi connectivity index (χ1v) is 20.0. The molecule has 0 atom stereocenters. The van der Waals surface area contributed by atoms with Crippen molar-refractivity contribution in [3.05, 3.63) is 191 Å². The molecule has 0 N–H and O–H groups in total. The zero-order valence-corrected chi connectivity index (χ0v) is 32.9. The maximum atomic E-state index is 6.78. The molecule has 8 aromatic rings. The lowest BCUT2D eigenvalue weighted by atomic mass is 9.68. The van der Waals surface area contributed by atoms with E-state index >= 15 is 0 Å². The molecule has 1 nitrogen and oxygen atoms in total. The Bertz CT molecular complexity index is 2880. The average Bonchev–Trinajstić information content (AvgIpc) is 3.67. The van der Waals surface area contributed by atoms with Crippen molar-refractivity contribution in [3.8, 4) is 67.1 Å². The molecule has 0 saturated heterocycles. The van der Waals surface area contributed by atoms with Gasteiger partial charge in [0.25, 0.3) is 0 Å². The smallest absolute Gasteiger partial charge is 0.136 e. The van der Waals surface area contributed by atoms with E-state index in [1.54, 1.807) is 0 Å². The van der Waals surface area contributed by atoms with Crippen LogP contribution in [0.4, 0.5) is 0 Å². The highest BCUT2D eigenvalue weighted by Gasteiger charge is 2.53. The van der Waals surface area contributed by atoms with E-state index < -0.39 is 5.41 Å². The van der Waals surface area contributed by atoms with Gasteiger partial charge in [-0.3, -0.25) is 0 Å². The number of ether oxygens (including phenoxy) is 1. The van der Waals surface area contributed by atoms with Crippen LogP contribution < -0.4 is 4.74 Å². The molecule has 0 amide bonds. The van der Waals surface area contributed by atoms with E-state index in [-0.39, 0.29) is 10.8 Å². The lowest BCUT2D eigenvalue weighted by molar-refractivity contribution is 0.487. The van der Waals surface area contributed by atoms with Gasteiger partial charge in [-0.2, -0.15) is 0 Å². The number of benzene rings is 8. The summed E-state index contributed by atoms with van der Waals surface area (Å²) in [5.74, 6) is 1.81. The first kappa shape index (κ1) is 33.2. The number of hydrogen-bond acceptors (Lipinski definition) is 1. The topological polar surface area (TPSA) is 9.23 Å². The summed E-state index contributed by atoms with van der Waals surface area (Å²) in [5.41, 5.74) is 20.2. The standard InChI is InChI=1S/C55H44O/c1-53(2,3)34-26-28-36-37-29-27-35(54(4,5)6)31-47(37)55(46(36)30-34)44-23-12-10-19-40(44)51-41(22-15-24-45(51)55)50-42-21-14-20-39-38-18-11-13-25-48(38)56-49(52(39)42)32-43(50)33-16-8-7-9-17-33/h7-32H,1-6H3. The molecule has 11 rings (SSSR count). The van der Waals surface area contributed by atoms with E-state index in [2.05, 4.69) is 199 Å². The first-order chi connectivity index (χ1) is 27.0. The molecular weight excluding hydrogens is 677 g/mol. The maximum absolute atomic E-state index is 6.78. The van der Waals surface area contributed by atoms with Crippen molar-refractivity contribution in [2.75, 3.05) is 0 Å². The molecule has 270 valence electrons. The summed E-state index contributed by atoms with van der Waals surface area (Å²) in [7, 11) is 0. The molecule has 0 unspecified atom stereocenters. The highest BCUT2D eigenvalue weighted by atomic mass is 16.5. The monoisotopic (exact) mass is 720 g/mol. The summed E-state index contributed by atoms with van der Waals surface area (Å²) in [6.45, 7) is 14.0. The Balaban J connectivity index is 1.29. The Morgan fingerprint density at radius 3 is 1.64 bits per heavy atom. The molecule has 0 saturated carbocycles. The van der Waals surface area contributed by atoms with Crippen molar-refractivity contribution < 1.29 is 4.74 Å². The highest BCUT2D eigenvalue weighted by molar-refractivity contribution is 6.16. The van der Waals surface area contributed by atoms with E-state index in [1.165, 1.54) is 94.2 Å². The second kappa shape index (κ2) is 11.4. The highest BCUT2D eigenvalue weighted by Crippen LogP contribution is 2.65. The first-order valence-electron chi connectivity index (χ1n) is 20.0. The molecular formula is C55H44O. The molecule has 0 aromatic heterocycles. The van der Waals surface area contributed by atoms with Gasteiger partial charge in [-0.15, -0.1) is 0 Å². The molecule has 1 heteroatoms. The molecule has 0 fully saturated rings. The predicted octanol–water partition coefficient (Wildman–Crippen LogP) is 14.9. The van der Waals surface area contributed by atoms with E-state index in [9.17, 15) is 0 Å². The molecule has 3 aliphatic rings. The number of para-hydroxylation sites is 1. The predicted molar refractivity (Wildman–Crippen MR) is 234 cm³/mol. The third-order valence-electron chi connectivity index (χ3n) is 12.8. The number of rotatable bonds is 2. The Morgan fingerprint density at radius 2 is 0.946 bits per heavy atom. The maximum Gasteiger partial charge on any atom is 0.136 e. The fraction of sp³-hybridized carbons (Fsp3) is 0.164. The van der Waals surface area contributed by atoms with E-state index in [0.717, 1.165) is 17.1 Å². The third-order valence-corrected chi connectivity index (χ3v) is 12.8. The van der Waals surface area contributed by atoms with E-state index in [1.807, 2.05) is 0 Å². The lowest BCUT2D eigenvalue weighted by Crippen LogP contribution is -2.27. The fourth-order valence-corrected chi connectivity index (χ4v) is 10.2. The zero-order valence-electron chi connectivity index (χ0n) is 32.9. The number of fused-ring (bicyclic) bond motifs is 12. The molecule has 56 heavy (non-hydrogen) atoms. The van der Waals surface area contributed by atoms with Gasteiger partial charge in [0.15, 0.2) is 0 Å². The minimum absolute atomic E-state index is 0.001000. The molecule has 0 radical (unpaired) electrons. The van der Waals surface area contributed by atoms with Gasteiger partial charge in [-0.1, -0.05) is 187 Å².